The molecular formula is C18H35GeO. The largest absolute Gasteiger partial charge is 0.412 e. The molecule has 2 N–H and O–H groups in total. The van der Waals surface area contributed by atoms with E-state index in [2.05, 4.69) is 0 Å². The van der Waals surface area contributed by atoms with Crippen LogP contribution in [0.15, 0.2) is 0 Å². The van der Waals surface area contributed by atoms with Crippen molar-refractivity contribution < 1.29 is 5.48 Å². The Balaban J connectivity index is 0.00000147. The van der Waals surface area contributed by atoms with Gasteiger partial charge in [0.2, 0.25) is 0 Å². The summed E-state index contributed by atoms with van der Waals surface area (Å²) in [4.78, 5) is 0. The fourth-order valence-electron chi connectivity index (χ4n) is 5.31. The number of rotatable bonds is 3. The van der Waals surface area contributed by atoms with Crippen LogP contribution in [0, 0.1) is 0 Å². The predicted octanol–water partition coefficient (Wildman–Crippen LogP) is 5.66. The van der Waals surface area contributed by atoms with Crippen molar-refractivity contribution >= 4 is 14.3 Å². The van der Waals surface area contributed by atoms with Crippen LogP contribution in [-0.2, 0) is 0 Å². The van der Waals surface area contributed by atoms with E-state index in [1.54, 1.807) is 96.3 Å². The molecule has 3 aliphatic carbocycles. The molecule has 3 fully saturated rings. The van der Waals surface area contributed by atoms with Crippen LogP contribution in [-0.4, -0.2) is 19.8 Å². The van der Waals surface area contributed by atoms with Crippen LogP contribution in [0.5, 0.6) is 0 Å². The minimum absolute atomic E-state index is 0. The summed E-state index contributed by atoms with van der Waals surface area (Å²) in [6.45, 7) is 0. The average molecular weight is 340 g/mol. The Labute approximate surface area is 130 Å². The van der Waals surface area contributed by atoms with Crippen molar-refractivity contribution in [3.63, 3.8) is 0 Å². The maximum atomic E-state index is 1.66. The first-order valence-corrected chi connectivity index (χ1v) is 12.9. The van der Waals surface area contributed by atoms with Gasteiger partial charge in [-0.25, -0.2) is 0 Å². The SMILES string of the molecule is C1CC[CH]([Ge]([CH]2CCCCC2)[CH]2CCCCC2)CC1.O. The molecule has 3 saturated carbocycles. The molecule has 3 aliphatic rings. The van der Waals surface area contributed by atoms with Crippen molar-refractivity contribution in [2.75, 3.05) is 0 Å². The van der Waals surface area contributed by atoms with E-state index in [0.717, 1.165) is 0 Å². The van der Waals surface area contributed by atoms with Crippen LogP contribution in [0.4, 0.5) is 0 Å². The number of hydrogen-bond acceptors (Lipinski definition) is 0. The standard InChI is InChI=1S/C18H33Ge.H2O/c1-4-10-16(11-5-1)19(17-12-6-2-7-13-17)18-14-8-3-9-15-18;/h16-18H,1-15H2;1H2. The molecule has 20 heavy (non-hydrogen) atoms. The molecule has 3 rings (SSSR count). The monoisotopic (exact) mass is 341 g/mol. The van der Waals surface area contributed by atoms with Crippen molar-refractivity contribution in [2.24, 2.45) is 0 Å². The van der Waals surface area contributed by atoms with Gasteiger partial charge >= 0.3 is 125 Å². The first kappa shape index (κ1) is 16.9. The van der Waals surface area contributed by atoms with Gasteiger partial charge in [-0.15, -0.1) is 0 Å². The summed E-state index contributed by atoms with van der Waals surface area (Å²) in [5.41, 5.74) is 0. The third-order valence-corrected chi connectivity index (χ3v) is 15.8. The molecule has 0 bridgehead atoms. The van der Waals surface area contributed by atoms with Gasteiger partial charge in [0.1, 0.15) is 0 Å². The topological polar surface area (TPSA) is 31.5 Å². The minimum Gasteiger partial charge on any atom is -0.412 e. The van der Waals surface area contributed by atoms with Gasteiger partial charge in [-0.05, 0) is 0 Å². The van der Waals surface area contributed by atoms with Crippen molar-refractivity contribution in [1.29, 1.82) is 0 Å². The zero-order valence-electron chi connectivity index (χ0n) is 13.3. The fourth-order valence-corrected chi connectivity index (χ4v) is 16.3. The van der Waals surface area contributed by atoms with Crippen LogP contribution >= 0.6 is 0 Å². The van der Waals surface area contributed by atoms with Crippen molar-refractivity contribution in [3.05, 3.63) is 0 Å². The normalized spacial score (nSPS) is 27.4. The Hall–Kier alpha value is 0.503. The smallest absolute Gasteiger partial charge is 0.412 e. The van der Waals surface area contributed by atoms with Gasteiger partial charge in [-0.1, -0.05) is 0 Å². The fraction of sp³-hybridized carbons (Fsp3) is 1.00. The second kappa shape index (κ2) is 8.83. The summed E-state index contributed by atoms with van der Waals surface area (Å²) in [6, 6.07) is 0. The van der Waals surface area contributed by atoms with E-state index in [-0.39, 0.29) is 5.48 Å². The summed E-state index contributed by atoms with van der Waals surface area (Å²) in [7, 11) is 0. The van der Waals surface area contributed by atoms with E-state index in [1.807, 2.05) is 0 Å². The maximum absolute atomic E-state index is 1.66. The van der Waals surface area contributed by atoms with Gasteiger partial charge < -0.3 is 5.48 Å². The molecule has 0 heterocycles. The van der Waals surface area contributed by atoms with Gasteiger partial charge in [-0.2, -0.15) is 0 Å². The zero-order chi connectivity index (χ0) is 12.9. The minimum atomic E-state index is -0.801. The van der Waals surface area contributed by atoms with Crippen LogP contribution in [0.1, 0.15) is 96.3 Å². The maximum Gasteiger partial charge on any atom is -0.412 e. The van der Waals surface area contributed by atoms with Gasteiger partial charge in [0, 0.05) is 0 Å². The van der Waals surface area contributed by atoms with Crippen LogP contribution < -0.4 is 0 Å². The Morgan fingerprint density at radius 3 is 0.900 bits per heavy atom. The first-order chi connectivity index (χ1) is 9.45. The number of hydrogen-bond donors (Lipinski definition) is 0. The van der Waals surface area contributed by atoms with Crippen LogP contribution in [0.3, 0.4) is 0 Å². The van der Waals surface area contributed by atoms with E-state index in [9.17, 15) is 0 Å². The third kappa shape index (κ3) is 4.25. The average Bonchev–Trinajstić information content (AvgIpc) is 2.51. The molecule has 0 spiro atoms. The molecule has 0 aromatic carbocycles. The molecule has 1 radical (unpaired) electrons. The van der Waals surface area contributed by atoms with Crippen LogP contribution in [0.25, 0.3) is 0 Å². The van der Waals surface area contributed by atoms with E-state index >= 15 is 0 Å². The second-order valence-electron chi connectivity index (χ2n) is 7.50. The molecule has 0 aliphatic heterocycles. The summed E-state index contributed by atoms with van der Waals surface area (Å²) in [5.74, 6) is 0. The summed E-state index contributed by atoms with van der Waals surface area (Å²) in [6.07, 6.45) is 24.1. The van der Waals surface area contributed by atoms with Gasteiger partial charge in [0.15, 0.2) is 0 Å². The van der Waals surface area contributed by atoms with E-state index in [4.69, 9.17) is 0 Å². The molecule has 0 saturated heterocycles. The summed E-state index contributed by atoms with van der Waals surface area (Å²) < 4.78 is 3.87. The van der Waals surface area contributed by atoms with Gasteiger partial charge in [-0.3, -0.25) is 0 Å². The van der Waals surface area contributed by atoms with E-state index in [0.29, 0.717) is 0 Å². The first-order valence-electron chi connectivity index (χ1n) is 9.32. The van der Waals surface area contributed by atoms with Crippen LogP contribution in [0.2, 0.25) is 14.3 Å². The van der Waals surface area contributed by atoms with Crippen molar-refractivity contribution in [1.82, 2.24) is 0 Å². The Bertz CT molecular complexity index is 207. The molecule has 0 unspecified atom stereocenters. The Morgan fingerprint density at radius 2 is 0.650 bits per heavy atom. The molecule has 117 valence electrons. The molecule has 2 heteroatoms. The molecule has 0 aromatic rings. The second-order valence-corrected chi connectivity index (χ2v) is 14.7. The molecule has 0 aromatic heterocycles. The molecule has 0 atom stereocenters. The van der Waals surface area contributed by atoms with Crippen molar-refractivity contribution in [2.45, 2.75) is 111 Å². The third-order valence-electron chi connectivity index (χ3n) is 6.23. The Kier molecular flexibility index (Phi) is 7.44. The van der Waals surface area contributed by atoms with Crippen molar-refractivity contribution in [3.8, 4) is 0 Å². The zero-order valence-corrected chi connectivity index (χ0v) is 15.4. The predicted molar refractivity (Wildman–Crippen MR) is 89.9 cm³/mol. The quantitative estimate of drug-likeness (QED) is 0.594. The van der Waals surface area contributed by atoms with E-state index in [1.165, 1.54) is 14.3 Å². The van der Waals surface area contributed by atoms with Gasteiger partial charge in [0.05, 0.1) is 0 Å². The summed E-state index contributed by atoms with van der Waals surface area (Å²) in [5, 5.41) is 0. The summed E-state index contributed by atoms with van der Waals surface area (Å²) >= 11 is -0.801. The van der Waals surface area contributed by atoms with E-state index < -0.39 is 14.3 Å². The Morgan fingerprint density at radius 1 is 0.400 bits per heavy atom. The van der Waals surface area contributed by atoms with Gasteiger partial charge in [0.25, 0.3) is 0 Å². The molecule has 1 nitrogen and oxygen atoms in total. The molecular weight excluding hydrogens is 305 g/mol. The molecule has 0 amide bonds.